The van der Waals surface area contributed by atoms with Gasteiger partial charge in [-0.05, 0) is 51.9 Å². The second-order valence-corrected chi connectivity index (χ2v) is 9.79. The molecule has 2 aliphatic carbocycles. The predicted molar refractivity (Wildman–Crippen MR) is 95.5 cm³/mol. The van der Waals surface area contributed by atoms with Crippen molar-refractivity contribution in [3.63, 3.8) is 0 Å². The number of ether oxygens (including phenoxy) is 1. The van der Waals surface area contributed by atoms with Gasteiger partial charge in [-0.2, -0.15) is 17.4 Å². The van der Waals surface area contributed by atoms with Crippen molar-refractivity contribution >= 4 is 22.2 Å². The summed E-state index contributed by atoms with van der Waals surface area (Å²) in [5.41, 5.74) is -0.596. The van der Waals surface area contributed by atoms with Gasteiger partial charge in [0.2, 0.25) is 5.91 Å². The highest BCUT2D eigenvalue weighted by Gasteiger charge is 2.52. The zero-order chi connectivity index (χ0) is 19.1. The zero-order valence-corrected chi connectivity index (χ0v) is 16.5. The molecule has 148 valence electrons. The van der Waals surface area contributed by atoms with Crippen molar-refractivity contribution in [2.75, 3.05) is 14.1 Å². The molecule has 3 aliphatic rings. The van der Waals surface area contributed by atoms with Gasteiger partial charge in [0.05, 0.1) is 6.04 Å². The highest BCUT2D eigenvalue weighted by atomic mass is 32.2. The second-order valence-electron chi connectivity index (χ2n) is 8.21. The van der Waals surface area contributed by atoms with Crippen LogP contribution in [-0.4, -0.2) is 61.4 Å². The van der Waals surface area contributed by atoms with E-state index in [9.17, 15) is 18.0 Å². The van der Waals surface area contributed by atoms with E-state index in [2.05, 4.69) is 4.72 Å². The molecule has 3 rings (SSSR count). The number of amides is 2. The van der Waals surface area contributed by atoms with E-state index in [-0.39, 0.29) is 11.8 Å². The first-order valence-corrected chi connectivity index (χ1v) is 10.8. The van der Waals surface area contributed by atoms with Crippen molar-refractivity contribution in [3.05, 3.63) is 0 Å². The van der Waals surface area contributed by atoms with Crippen LogP contribution in [0.1, 0.15) is 58.3 Å². The molecule has 3 fully saturated rings. The maximum Gasteiger partial charge on any atom is 0.425 e. The van der Waals surface area contributed by atoms with Crippen LogP contribution in [0.4, 0.5) is 4.79 Å². The first-order chi connectivity index (χ1) is 12.1. The van der Waals surface area contributed by atoms with E-state index in [1.165, 1.54) is 4.90 Å². The first-order valence-electron chi connectivity index (χ1n) is 9.39. The lowest BCUT2D eigenvalue weighted by Gasteiger charge is -2.36. The van der Waals surface area contributed by atoms with E-state index in [1.54, 1.807) is 14.1 Å². The molecular formula is C17H29N3O5S. The molecule has 26 heavy (non-hydrogen) atoms. The summed E-state index contributed by atoms with van der Waals surface area (Å²) in [7, 11) is -0.539. The maximum atomic E-state index is 12.7. The number of nitrogens with one attached hydrogen (secondary N) is 1. The molecule has 1 heterocycles. The third kappa shape index (κ3) is 3.69. The molecule has 0 bridgehead atoms. The Bertz CT molecular complexity index is 672. The fourth-order valence-corrected chi connectivity index (χ4v) is 6.06. The van der Waals surface area contributed by atoms with Crippen LogP contribution in [0, 0.1) is 5.92 Å². The molecule has 9 heteroatoms. The van der Waals surface area contributed by atoms with E-state index in [1.807, 2.05) is 6.92 Å². The lowest BCUT2D eigenvalue weighted by Crippen LogP contribution is -2.48. The fourth-order valence-electron chi connectivity index (χ4n) is 4.47. The van der Waals surface area contributed by atoms with Gasteiger partial charge in [-0.1, -0.05) is 6.42 Å². The van der Waals surface area contributed by atoms with Gasteiger partial charge in [-0.25, -0.2) is 4.79 Å². The highest BCUT2D eigenvalue weighted by molar-refractivity contribution is 7.88. The molecule has 0 aromatic carbocycles. The number of rotatable bonds is 2. The highest BCUT2D eigenvalue weighted by Crippen LogP contribution is 2.37. The summed E-state index contributed by atoms with van der Waals surface area (Å²) in [6.45, 7) is 1.88. The lowest BCUT2D eigenvalue weighted by atomic mass is 9.82. The third-order valence-electron chi connectivity index (χ3n) is 5.89. The van der Waals surface area contributed by atoms with Crippen LogP contribution in [-0.2, 0) is 19.7 Å². The SMILES string of the molecule is CN(C)C(=O)[C@H]1CC[C@H]2[C@@H](C1)NS(=O)(=O)N2C(=O)OC1(C)CCCCC1. The van der Waals surface area contributed by atoms with Crippen molar-refractivity contribution in [2.45, 2.75) is 76.0 Å². The Kier molecular flexibility index (Phi) is 5.22. The van der Waals surface area contributed by atoms with Crippen LogP contribution in [0.25, 0.3) is 0 Å². The van der Waals surface area contributed by atoms with Crippen LogP contribution < -0.4 is 4.72 Å². The lowest BCUT2D eigenvalue weighted by molar-refractivity contribution is -0.134. The number of nitrogens with zero attached hydrogens (tertiary/aromatic N) is 2. The van der Waals surface area contributed by atoms with Crippen LogP contribution in [0.5, 0.6) is 0 Å². The summed E-state index contributed by atoms with van der Waals surface area (Å²) in [5.74, 6) is -0.223. The Morgan fingerprint density at radius 1 is 1.15 bits per heavy atom. The van der Waals surface area contributed by atoms with Gasteiger partial charge in [0.25, 0.3) is 0 Å². The Labute approximate surface area is 155 Å². The average molecular weight is 388 g/mol. The van der Waals surface area contributed by atoms with Crippen molar-refractivity contribution < 1.29 is 22.7 Å². The maximum absolute atomic E-state index is 12.7. The largest absolute Gasteiger partial charge is 0.442 e. The van der Waals surface area contributed by atoms with Crippen LogP contribution >= 0.6 is 0 Å². The molecule has 0 spiro atoms. The number of hydrogen-bond donors (Lipinski definition) is 1. The number of carbonyl (C=O) groups is 2. The smallest absolute Gasteiger partial charge is 0.425 e. The molecule has 0 aromatic heterocycles. The summed E-state index contributed by atoms with van der Waals surface area (Å²) in [6.07, 6.45) is 5.24. The van der Waals surface area contributed by atoms with Gasteiger partial charge < -0.3 is 9.64 Å². The van der Waals surface area contributed by atoms with Crippen molar-refractivity contribution in [1.82, 2.24) is 13.9 Å². The molecule has 0 unspecified atom stereocenters. The molecule has 8 nitrogen and oxygen atoms in total. The van der Waals surface area contributed by atoms with Gasteiger partial charge >= 0.3 is 16.3 Å². The normalized spacial score (nSPS) is 32.6. The molecule has 1 N–H and O–H groups in total. The van der Waals surface area contributed by atoms with Gasteiger partial charge in [0, 0.05) is 26.1 Å². The van der Waals surface area contributed by atoms with Crippen LogP contribution in [0.3, 0.4) is 0 Å². The van der Waals surface area contributed by atoms with Crippen molar-refractivity contribution in [3.8, 4) is 0 Å². The first kappa shape index (κ1) is 19.4. The molecule has 0 aromatic rings. The standard InChI is InChI=1S/C17H29N3O5S/c1-17(9-5-4-6-10-17)25-16(22)20-14-8-7-12(15(21)19(2)3)11-13(14)18-26(20,23)24/h12-14,18H,4-11H2,1-3H3/t12-,13+,14-/m0/s1. The molecule has 0 radical (unpaired) electrons. The summed E-state index contributed by atoms with van der Waals surface area (Å²) in [6, 6.07) is -0.916. The van der Waals surface area contributed by atoms with Gasteiger partial charge in [-0.15, -0.1) is 0 Å². The van der Waals surface area contributed by atoms with Crippen molar-refractivity contribution in [1.29, 1.82) is 0 Å². The fraction of sp³-hybridized carbons (Fsp3) is 0.882. The number of carbonyl (C=O) groups excluding carboxylic acids is 2. The Morgan fingerprint density at radius 3 is 2.42 bits per heavy atom. The summed E-state index contributed by atoms with van der Waals surface area (Å²) in [5, 5.41) is 0. The molecular weight excluding hydrogens is 358 g/mol. The molecule has 2 saturated carbocycles. The summed E-state index contributed by atoms with van der Waals surface area (Å²) in [4.78, 5) is 26.5. The molecule has 3 atom stereocenters. The Hall–Kier alpha value is -1.35. The number of fused-ring (bicyclic) bond motifs is 1. The van der Waals surface area contributed by atoms with E-state index < -0.39 is 34.0 Å². The quantitative estimate of drug-likeness (QED) is 0.777. The predicted octanol–water partition coefficient (Wildman–Crippen LogP) is 1.62. The molecule has 2 amide bonds. The van der Waals surface area contributed by atoms with Crippen molar-refractivity contribution in [2.24, 2.45) is 5.92 Å². The Morgan fingerprint density at radius 2 is 1.81 bits per heavy atom. The minimum absolute atomic E-state index is 0.00149. The summed E-state index contributed by atoms with van der Waals surface area (Å²) < 4.78 is 34.2. The second kappa shape index (κ2) is 6.99. The van der Waals surface area contributed by atoms with Gasteiger partial charge in [-0.3, -0.25) is 4.79 Å². The Balaban J connectivity index is 1.72. The minimum atomic E-state index is -3.93. The zero-order valence-electron chi connectivity index (χ0n) is 15.7. The van der Waals surface area contributed by atoms with E-state index in [4.69, 9.17) is 4.74 Å². The number of hydrogen-bond acceptors (Lipinski definition) is 5. The summed E-state index contributed by atoms with van der Waals surface area (Å²) >= 11 is 0. The third-order valence-corrected chi connectivity index (χ3v) is 7.43. The minimum Gasteiger partial charge on any atom is -0.442 e. The van der Waals surface area contributed by atoms with E-state index >= 15 is 0 Å². The monoisotopic (exact) mass is 387 g/mol. The van der Waals surface area contributed by atoms with E-state index in [0.717, 1.165) is 36.4 Å². The van der Waals surface area contributed by atoms with E-state index in [0.29, 0.717) is 19.3 Å². The molecule has 1 saturated heterocycles. The van der Waals surface area contributed by atoms with Crippen LogP contribution in [0.2, 0.25) is 0 Å². The topological polar surface area (TPSA) is 96.0 Å². The van der Waals surface area contributed by atoms with Crippen LogP contribution in [0.15, 0.2) is 0 Å². The van der Waals surface area contributed by atoms with Gasteiger partial charge in [0.15, 0.2) is 0 Å². The average Bonchev–Trinajstić information content (AvgIpc) is 2.82. The van der Waals surface area contributed by atoms with Gasteiger partial charge in [0.1, 0.15) is 5.60 Å². The molecule has 1 aliphatic heterocycles.